The van der Waals surface area contributed by atoms with Gasteiger partial charge < -0.3 is 32.1 Å². The molecule has 1 aliphatic heterocycles. The monoisotopic (exact) mass is 329 g/mol. The lowest BCUT2D eigenvalue weighted by Gasteiger charge is -2.18. The average Bonchev–Trinajstić information content (AvgIpc) is 2.94. The van der Waals surface area contributed by atoms with Crippen LogP contribution in [0.2, 0.25) is 0 Å². The standard InChI is InChI=1S/C12H19N5O6/c13-8(19)3-14-10(21)4-15-11(22)7(5-18)17-12(23)6-1-2-9(20)16-6/h6-7,18H,1-5H2,(H2,13,19)(H,14,21)(H,15,22)(H,16,20)(H,17,23)/t6-,7-/m0/s1. The maximum Gasteiger partial charge on any atom is 0.245 e. The van der Waals surface area contributed by atoms with E-state index in [1.54, 1.807) is 0 Å². The minimum atomic E-state index is -1.26. The summed E-state index contributed by atoms with van der Waals surface area (Å²) in [5, 5.41) is 18.2. The van der Waals surface area contributed by atoms with Gasteiger partial charge in [-0.05, 0) is 6.42 Å². The maximum atomic E-state index is 11.8. The Morgan fingerprint density at radius 3 is 2.48 bits per heavy atom. The molecule has 2 atom stereocenters. The SMILES string of the molecule is NC(=O)CNC(=O)CNC(=O)[C@H](CO)NC(=O)[C@@H]1CCC(=O)N1. The van der Waals surface area contributed by atoms with Crippen LogP contribution >= 0.6 is 0 Å². The van der Waals surface area contributed by atoms with Crippen molar-refractivity contribution in [1.82, 2.24) is 21.3 Å². The van der Waals surface area contributed by atoms with Crippen LogP contribution in [0.5, 0.6) is 0 Å². The largest absolute Gasteiger partial charge is 0.394 e. The highest BCUT2D eigenvalue weighted by Gasteiger charge is 2.30. The fourth-order valence-corrected chi connectivity index (χ4v) is 1.82. The number of rotatable bonds is 8. The smallest absolute Gasteiger partial charge is 0.245 e. The van der Waals surface area contributed by atoms with Crippen molar-refractivity contribution in [2.24, 2.45) is 5.73 Å². The van der Waals surface area contributed by atoms with Gasteiger partial charge in [0.2, 0.25) is 29.5 Å². The highest BCUT2D eigenvalue weighted by Crippen LogP contribution is 2.06. The van der Waals surface area contributed by atoms with Crippen LogP contribution < -0.4 is 27.0 Å². The first-order valence-corrected chi connectivity index (χ1v) is 6.86. The minimum Gasteiger partial charge on any atom is -0.394 e. The van der Waals surface area contributed by atoms with Crippen molar-refractivity contribution in [3.05, 3.63) is 0 Å². The van der Waals surface area contributed by atoms with Gasteiger partial charge in [-0.15, -0.1) is 0 Å². The van der Waals surface area contributed by atoms with Crippen LogP contribution in [0, 0.1) is 0 Å². The van der Waals surface area contributed by atoms with Gasteiger partial charge in [0, 0.05) is 6.42 Å². The van der Waals surface area contributed by atoms with Gasteiger partial charge in [0.25, 0.3) is 0 Å². The summed E-state index contributed by atoms with van der Waals surface area (Å²) in [7, 11) is 0. The second-order valence-electron chi connectivity index (χ2n) is 4.86. The first kappa shape index (κ1) is 18.4. The van der Waals surface area contributed by atoms with Gasteiger partial charge in [-0.25, -0.2) is 0 Å². The highest BCUT2D eigenvalue weighted by molar-refractivity contribution is 5.95. The molecule has 0 aliphatic carbocycles. The van der Waals surface area contributed by atoms with E-state index in [1.165, 1.54) is 0 Å². The Bertz CT molecular complexity index is 508. The number of nitrogens with one attached hydrogen (secondary N) is 4. The van der Waals surface area contributed by atoms with Crippen molar-refractivity contribution < 1.29 is 29.1 Å². The molecule has 0 bridgehead atoms. The Balaban J connectivity index is 2.39. The summed E-state index contributed by atoms with van der Waals surface area (Å²) in [5.74, 6) is -3.02. The first-order chi connectivity index (χ1) is 10.8. The number of primary amides is 1. The van der Waals surface area contributed by atoms with E-state index in [0.717, 1.165) is 0 Å². The van der Waals surface area contributed by atoms with Crippen molar-refractivity contribution in [2.45, 2.75) is 24.9 Å². The molecule has 0 aromatic carbocycles. The second kappa shape index (κ2) is 8.68. The molecule has 1 aliphatic rings. The molecule has 11 heteroatoms. The van der Waals surface area contributed by atoms with Gasteiger partial charge in [-0.1, -0.05) is 0 Å². The van der Waals surface area contributed by atoms with E-state index < -0.39 is 48.9 Å². The van der Waals surface area contributed by atoms with E-state index in [1.807, 2.05) is 0 Å². The zero-order chi connectivity index (χ0) is 17.4. The maximum absolute atomic E-state index is 11.8. The number of amides is 5. The van der Waals surface area contributed by atoms with Gasteiger partial charge in [0.05, 0.1) is 19.7 Å². The molecule has 5 amide bonds. The molecule has 0 saturated carbocycles. The van der Waals surface area contributed by atoms with Crippen LogP contribution in [-0.2, 0) is 24.0 Å². The van der Waals surface area contributed by atoms with Crippen LogP contribution in [-0.4, -0.2) is 66.4 Å². The van der Waals surface area contributed by atoms with E-state index in [2.05, 4.69) is 21.3 Å². The van der Waals surface area contributed by atoms with Gasteiger partial charge in [-0.3, -0.25) is 24.0 Å². The molecule has 1 fully saturated rings. The predicted octanol–water partition coefficient (Wildman–Crippen LogP) is -4.54. The summed E-state index contributed by atoms with van der Waals surface area (Å²) >= 11 is 0. The minimum absolute atomic E-state index is 0.216. The number of aliphatic hydroxyl groups is 1. The number of hydrogen-bond donors (Lipinski definition) is 6. The Hall–Kier alpha value is -2.69. The summed E-state index contributed by atoms with van der Waals surface area (Å²) < 4.78 is 0. The molecular formula is C12H19N5O6. The summed E-state index contributed by atoms with van der Waals surface area (Å²) in [4.78, 5) is 56.4. The Morgan fingerprint density at radius 2 is 1.96 bits per heavy atom. The van der Waals surface area contributed by atoms with E-state index >= 15 is 0 Å². The third-order valence-corrected chi connectivity index (χ3v) is 3.01. The average molecular weight is 329 g/mol. The number of nitrogens with two attached hydrogens (primary N) is 1. The molecule has 0 radical (unpaired) electrons. The zero-order valence-electron chi connectivity index (χ0n) is 12.3. The Kier molecular flexibility index (Phi) is 6.93. The summed E-state index contributed by atoms with van der Waals surface area (Å²) in [6.45, 7) is -1.49. The number of hydrogen-bond acceptors (Lipinski definition) is 6. The van der Waals surface area contributed by atoms with Crippen LogP contribution in [0.1, 0.15) is 12.8 Å². The van der Waals surface area contributed by atoms with Crippen molar-refractivity contribution >= 4 is 29.5 Å². The third-order valence-electron chi connectivity index (χ3n) is 3.01. The van der Waals surface area contributed by atoms with Crippen LogP contribution in [0.4, 0.5) is 0 Å². The molecule has 0 unspecified atom stereocenters. The molecule has 11 nitrogen and oxygen atoms in total. The topological polar surface area (TPSA) is 180 Å². The Morgan fingerprint density at radius 1 is 1.26 bits per heavy atom. The van der Waals surface area contributed by atoms with Crippen LogP contribution in [0.25, 0.3) is 0 Å². The molecule has 0 spiro atoms. The van der Waals surface area contributed by atoms with E-state index in [9.17, 15) is 24.0 Å². The van der Waals surface area contributed by atoms with Gasteiger partial charge in [0.1, 0.15) is 12.1 Å². The number of carbonyl (C=O) groups is 5. The lowest BCUT2D eigenvalue weighted by atomic mass is 10.2. The quantitative estimate of drug-likeness (QED) is 0.261. The fraction of sp³-hybridized carbons (Fsp3) is 0.583. The lowest BCUT2D eigenvalue weighted by molar-refractivity contribution is -0.132. The highest BCUT2D eigenvalue weighted by atomic mass is 16.3. The van der Waals surface area contributed by atoms with Gasteiger partial charge in [0.15, 0.2) is 0 Å². The first-order valence-electron chi connectivity index (χ1n) is 6.86. The number of carbonyl (C=O) groups excluding carboxylic acids is 5. The van der Waals surface area contributed by atoms with E-state index in [0.29, 0.717) is 6.42 Å². The van der Waals surface area contributed by atoms with Crippen molar-refractivity contribution in [2.75, 3.05) is 19.7 Å². The lowest BCUT2D eigenvalue weighted by Crippen LogP contribution is -2.54. The van der Waals surface area contributed by atoms with Crippen LogP contribution in [0.3, 0.4) is 0 Å². The molecule has 0 aromatic heterocycles. The summed E-state index contributed by atoms with van der Waals surface area (Å²) in [6, 6.07) is -2.01. The zero-order valence-corrected chi connectivity index (χ0v) is 12.3. The Labute approximate surface area is 131 Å². The molecule has 23 heavy (non-hydrogen) atoms. The molecule has 7 N–H and O–H groups in total. The fourth-order valence-electron chi connectivity index (χ4n) is 1.82. The van der Waals surface area contributed by atoms with Gasteiger partial charge in [-0.2, -0.15) is 0 Å². The van der Waals surface area contributed by atoms with E-state index in [4.69, 9.17) is 10.8 Å². The third kappa shape index (κ3) is 6.30. The molecular weight excluding hydrogens is 310 g/mol. The summed E-state index contributed by atoms with van der Waals surface area (Å²) in [6.07, 6.45) is 0.522. The van der Waals surface area contributed by atoms with E-state index in [-0.39, 0.29) is 18.9 Å². The van der Waals surface area contributed by atoms with Crippen molar-refractivity contribution in [1.29, 1.82) is 0 Å². The summed E-state index contributed by atoms with van der Waals surface area (Å²) in [5.41, 5.74) is 4.84. The van der Waals surface area contributed by atoms with Gasteiger partial charge >= 0.3 is 0 Å². The molecule has 1 saturated heterocycles. The normalized spacial score (nSPS) is 17.8. The molecule has 0 aromatic rings. The van der Waals surface area contributed by atoms with Crippen LogP contribution in [0.15, 0.2) is 0 Å². The second-order valence-corrected chi connectivity index (χ2v) is 4.86. The number of aliphatic hydroxyl groups excluding tert-OH is 1. The predicted molar refractivity (Wildman–Crippen MR) is 75.4 cm³/mol. The van der Waals surface area contributed by atoms with Crippen molar-refractivity contribution in [3.8, 4) is 0 Å². The molecule has 1 heterocycles. The van der Waals surface area contributed by atoms with Crippen molar-refractivity contribution in [3.63, 3.8) is 0 Å². The molecule has 128 valence electrons. The molecule has 1 rings (SSSR count).